The van der Waals surface area contributed by atoms with Crippen LogP contribution in [0.4, 0.5) is 0 Å². The summed E-state index contributed by atoms with van der Waals surface area (Å²) in [5.74, 6) is 0.443. The summed E-state index contributed by atoms with van der Waals surface area (Å²) >= 11 is 0. The molecule has 0 radical (unpaired) electrons. The molecule has 1 unspecified atom stereocenters. The van der Waals surface area contributed by atoms with Gasteiger partial charge in [0.15, 0.2) is 0 Å². The summed E-state index contributed by atoms with van der Waals surface area (Å²) in [5, 5.41) is 4.30. The smallest absolute Gasteiger partial charge is 0.226 e. The summed E-state index contributed by atoms with van der Waals surface area (Å²) in [4.78, 5) is 15.0. The van der Waals surface area contributed by atoms with Crippen LogP contribution in [0.25, 0.3) is 0 Å². The van der Waals surface area contributed by atoms with E-state index >= 15 is 0 Å². The van der Waals surface area contributed by atoms with Gasteiger partial charge in [-0.2, -0.15) is 5.10 Å². The van der Waals surface area contributed by atoms with Crippen molar-refractivity contribution in [1.29, 1.82) is 0 Å². The minimum absolute atomic E-state index is 0.120. The fourth-order valence-electron chi connectivity index (χ4n) is 3.73. The zero-order chi connectivity index (χ0) is 14.9. The molecule has 0 N–H and O–H groups in total. The number of aryl methyl sites for hydroxylation is 2. The molecule has 2 aromatic rings. The van der Waals surface area contributed by atoms with E-state index in [1.807, 2.05) is 16.9 Å². The van der Waals surface area contributed by atoms with Crippen molar-refractivity contribution in [3.63, 3.8) is 0 Å². The maximum absolute atomic E-state index is 12.9. The standard InChI is InChI=1S/C18H21N3O/c22-18(15-8-11-21-17(12-15)7-9-19-21)20-10-3-6-14-4-1-2-5-16(14)13-20/h1-2,4-5,7,9,15H,3,6,8,10-13H2. The van der Waals surface area contributed by atoms with Gasteiger partial charge in [0.05, 0.1) is 0 Å². The van der Waals surface area contributed by atoms with Gasteiger partial charge in [-0.25, -0.2) is 0 Å². The van der Waals surface area contributed by atoms with Crippen molar-refractivity contribution in [1.82, 2.24) is 14.7 Å². The molecule has 4 heteroatoms. The van der Waals surface area contributed by atoms with Crippen LogP contribution in [0, 0.1) is 5.92 Å². The van der Waals surface area contributed by atoms with Crippen LogP contribution in [0.5, 0.6) is 0 Å². The number of hydrogen-bond donors (Lipinski definition) is 0. The van der Waals surface area contributed by atoms with Crippen LogP contribution in [0.3, 0.4) is 0 Å². The Labute approximate surface area is 130 Å². The highest BCUT2D eigenvalue weighted by molar-refractivity contribution is 5.79. The second-order valence-corrected chi connectivity index (χ2v) is 6.37. The summed E-state index contributed by atoms with van der Waals surface area (Å²) < 4.78 is 2.03. The summed E-state index contributed by atoms with van der Waals surface area (Å²) in [6.45, 7) is 2.51. The van der Waals surface area contributed by atoms with Gasteiger partial charge >= 0.3 is 0 Å². The molecule has 114 valence electrons. The fraction of sp³-hybridized carbons (Fsp3) is 0.444. The molecule has 1 aromatic carbocycles. The van der Waals surface area contributed by atoms with Crippen LogP contribution < -0.4 is 0 Å². The summed E-state index contributed by atoms with van der Waals surface area (Å²) in [7, 11) is 0. The van der Waals surface area contributed by atoms with E-state index in [4.69, 9.17) is 0 Å². The van der Waals surface area contributed by atoms with Crippen molar-refractivity contribution in [3.8, 4) is 0 Å². The third kappa shape index (κ3) is 2.43. The lowest BCUT2D eigenvalue weighted by molar-refractivity contribution is -0.136. The monoisotopic (exact) mass is 295 g/mol. The van der Waals surface area contributed by atoms with E-state index in [0.29, 0.717) is 5.91 Å². The SMILES string of the molecule is O=C(C1CCn2nccc2C1)N1CCCc2ccccc2C1. The molecule has 4 nitrogen and oxygen atoms in total. The Kier molecular flexibility index (Phi) is 3.45. The van der Waals surface area contributed by atoms with Gasteiger partial charge in [0.1, 0.15) is 0 Å². The molecule has 1 atom stereocenters. The number of nitrogens with zero attached hydrogens (tertiary/aromatic N) is 3. The number of amides is 1. The molecule has 0 fully saturated rings. The summed E-state index contributed by atoms with van der Waals surface area (Å²) in [5.41, 5.74) is 3.91. The van der Waals surface area contributed by atoms with Gasteiger partial charge in [-0.3, -0.25) is 9.48 Å². The molecule has 2 aliphatic rings. The Bertz CT molecular complexity index is 691. The second-order valence-electron chi connectivity index (χ2n) is 6.37. The van der Waals surface area contributed by atoms with Gasteiger partial charge in [-0.05, 0) is 36.5 Å². The third-order valence-corrected chi connectivity index (χ3v) is 4.96. The number of benzene rings is 1. The van der Waals surface area contributed by atoms with Gasteiger partial charge in [-0.1, -0.05) is 24.3 Å². The van der Waals surface area contributed by atoms with E-state index in [9.17, 15) is 4.79 Å². The van der Waals surface area contributed by atoms with Crippen LogP contribution in [-0.2, 0) is 30.7 Å². The molecule has 3 heterocycles. The lowest BCUT2D eigenvalue weighted by Gasteiger charge is -2.29. The first-order chi connectivity index (χ1) is 10.8. The van der Waals surface area contributed by atoms with Crippen molar-refractivity contribution in [3.05, 3.63) is 53.3 Å². The van der Waals surface area contributed by atoms with E-state index in [0.717, 1.165) is 45.3 Å². The van der Waals surface area contributed by atoms with Gasteiger partial charge < -0.3 is 4.90 Å². The Balaban J connectivity index is 1.51. The normalized spacial score (nSPS) is 20.9. The highest BCUT2D eigenvalue weighted by Gasteiger charge is 2.29. The quantitative estimate of drug-likeness (QED) is 0.810. The highest BCUT2D eigenvalue weighted by Crippen LogP contribution is 2.25. The molecule has 0 spiro atoms. The van der Waals surface area contributed by atoms with Crippen molar-refractivity contribution in [2.45, 2.75) is 38.8 Å². The average molecular weight is 295 g/mol. The molecule has 0 bridgehead atoms. The van der Waals surface area contributed by atoms with E-state index in [2.05, 4.69) is 34.3 Å². The molecule has 1 aromatic heterocycles. The molecule has 22 heavy (non-hydrogen) atoms. The molecule has 4 rings (SSSR count). The minimum Gasteiger partial charge on any atom is -0.338 e. The van der Waals surface area contributed by atoms with Gasteiger partial charge in [-0.15, -0.1) is 0 Å². The van der Waals surface area contributed by atoms with Crippen molar-refractivity contribution in [2.75, 3.05) is 6.54 Å². The number of hydrogen-bond acceptors (Lipinski definition) is 2. The Morgan fingerprint density at radius 3 is 2.91 bits per heavy atom. The van der Waals surface area contributed by atoms with Crippen LogP contribution in [0.15, 0.2) is 36.5 Å². The van der Waals surface area contributed by atoms with Gasteiger partial charge in [0, 0.05) is 43.9 Å². The molecular formula is C18H21N3O. The first kappa shape index (κ1) is 13.6. The molecular weight excluding hydrogens is 274 g/mol. The predicted molar refractivity (Wildman–Crippen MR) is 84.2 cm³/mol. The number of carbonyl (C=O) groups excluding carboxylic acids is 1. The second kappa shape index (κ2) is 5.59. The summed E-state index contributed by atoms with van der Waals surface area (Å²) in [6, 6.07) is 10.6. The fourth-order valence-corrected chi connectivity index (χ4v) is 3.73. The number of rotatable bonds is 1. The van der Waals surface area contributed by atoms with Crippen LogP contribution in [0.1, 0.15) is 29.7 Å². The van der Waals surface area contributed by atoms with E-state index < -0.39 is 0 Å². The number of aromatic nitrogens is 2. The van der Waals surface area contributed by atoms with Crippen LogP contribution >= 0.6 is 0 Å². The zero-order valence-corrected chi connectivity index (χ0v) is 12.7. The Morgan fingerprint density at radius 2 is 2.00 bits per heavy atom. The lowest BCUT2D eigenvalue weighted by atomic mass is 9.94. The molecule has 0 saturated heterocycles. The first-order valence-electron chi connectivity index (χ1n) is 8.17. The highest BCUT2D eigenvalue weighted by atomic mass is 16.2. The Morgan fingerprint density at radius 1 is 1.14 bits per heavy atom. The average Bonchev–Trinajstić information content (AvgIpc) is 2.91. The predicted octanol–water partition coefficient (Wildman–Crippen LogP) is 2.42. The maximum Gasteiger partial charge on any atom is 0.226 e. The number of carbonyl (C=O) groups is 1. The lowest BCUT2D eigenvalue weighted by Crippen LogP contribution is -2.39. The molecule has 0 aliphatic carbocycles. The third-order valence-electron chi connectivity index (χ3n) is 4.96. The molecule has 2 aliphatic heterocycles. The zero-order valence-electron chi connectivity index (χ0n) is 12.7. The van der Waals surface area contributed by atoms with Crippen molar-refractivity contribution < 1.29 is 4.79 Å². The molecule has 0 saturated carbocycles. The summed E-state index contributed by atoms with van der Waals surface area (Å²) in [6.07, 6.45) is 5.72. The minimum atomic E-state index is 0.120. The van der Waals surface area contributed by atoms with Crippen LogP contribution in [0.2, 0.25) is 0 Å². The van der Waals surface area contributed by atoms with Crippen molar-refractivity contribution >= 4 is 5.91 Å². The van der Waals surface area contributed by atoms with E-state index in [1.165, 1.54) is 16.8 Å². The largest absolute Gasteiger partial charge is 0.338 e. The van der Waals surface area contributed by atoms with E-state index in [1.54, 1.807) is 0 Å². The maximum atomic E-state index is 12.9. The van der Waals surface area contributed by atoms with Gasteiger partial charge in [0.25, 0.3) is 0 Å². The van der Waals surface area contributed by atoms with Crippen molar-refractivity contribution in [2.24, 2.45) is 5.92 Å². The molecule has 1 amide bonds. The number of fused-ring (bicyclic) bond motifs is 2. The van der Waals surface area contributed by atoms with E-state index in [-0.39, 0.29) is 5.92 Å². The van der Waals surface area contributed by atoms with Crippen LogP contribution in [-0.4, -0.2) is 27.1 Å². The topological polar surface area (TPSA) is 38.1 Å². The van der Waals surface area contributed by atoms with Gasteiger partial charge in [0.2, 0.25) is 5.91 Å². The first-order valence-corrected chi connectivity index (χ1v) is 8.17. The Hall–Kier alpha value is -2.10.